The van der Waals surface area contributed by atoms with Crippen LogP contribution in [0.25, 0.3) is 11.1 Å². The van der Waals surface area contributed by atoms with Crippen molar-refractivity contribution in [3.8, 4) is 11.1 Å². The van der Waals surface area contributed by atoms with Crippen LogP contribution >= 0.6 is 11.3 Å². The van der Waals surface area contributed by atoms with Gasteiger partial charge in [-0.05, 0) is 31.5 Å². The number of carbonyl (C=O) groups is 2. The first-order chi connectivity index (χ1) is 11.3. The summed E-state index contributed by atoms with van der Waals surface area (Å²) in [7, 11) is 0. The molecule has 1 aromatic heterocycles. The van der Waals surface area contributed by atoms with E-state index in [1.807, 2.05) is 6.92 Å². The van der Waals surface area contributed by atoms with E-state index >= 15 is 0 Å². The van der Waals surface area contributed by atoms with E-state index in [2.05, 4.69) is 5.32 Å². The number of halogens is 1. The number of esters is 1. The fourth-order valence-electron chi connectivity index (χ4n) is 2.25. The number of benzene rings is 1. The molecule has 4 nitrogen and oxygen atoms in total. The van der Waals surface area contributed by atoms with Gasteiger partial charge < -0.3 is 10.1 Å². The van der Waals surface area contributed by atoms with Crippen molar-refractivity contribution in [3.05, 3.63) is 40.5 Å². The Balaban J connectivity index is 2.57. The number of rotatable bonds is 5. The van der Waals surface area contributed by atoms with E-state index in [4.69, 9.17) is 4.74 Å². The minimum Gasteiger partial charge on any atom is -0.462 e. The molecule has 0 saturated carbocycles. The van der Waals surface area contributed by atoms with Crippen molar-refractivity contribution in [2.24, 2.45) is 5.92 Å². The maximum atomic E-state index is 13.2. The molecule has 6 heteroatoms. The third-order valence-electron chi connectivity index (χ3n) is 3.46. The molecule has 0 unspecified atom stereocenters. The number of amides is 1. The second kappa shape index (κ2) is 7.57. The van der Waals surface area contributed by atoms with Crippen LogP contribution in [0, 0.1) is 18.7 Å². The third kappa shape index (κ3) is 3.82. The van der Waals surface area contributed by atoms with Crippen LogP contribution in [0.3, 0.4) is 0 Å². The highest BCUT2D eigenvalue weighted by atomic mass is 32.1. The Kier molecular flexibility index (Phi) is 5.72. The number of carbonyl (C=O) groups excluding carboxylic acids is 2. The molecule has 1 aromatic carbocycles. The van der Waals surface area contributed by atoms with Crippen LogP contribution in [-0.2, 0) is 9.53 Å². The van der Waals surface area contributed by atoms with Crippen molar-refractivity contribution in [1.29, 1.82) is 0 Å². The summed E-state index contributed by atoms with van der Waals surface area (Å²) in [5.41, 5.74) is 1.69. The first-order valence-electron chi connectivity index (χ1n) is 7.72. The fraction of sp³-hybridized carbons (Fsp3) is 0.333. The van der Waals surface area contributed by atoms with E-state index in [1.165, 1.54) is 23.5 Å². The number of anilines is 1. The van der Waals surface area contributed by atoms with Crippen LogP contribution in [0.2, 0.25) is 0 Å². The monoisotopic (exact) mass is 349 g/mol. The summed E-state index contributed by atoms with van der Waals surface area (Å²) < 4.78 is 18.4. The van der Waals surface area contributed by atoms with Crippen molar-refractivity contribution < 1.29 is 18.7 Å². The van der Waals surface area contributed by atoms with Gasteiger partial charge in [0.1, 0.15) is 16.4 Å². The maximum absolute atomic E-state index is 13.2. The maximum Gasteiger partial charge on any atom is 0.341 e. The Hall–Kier alpha value is -2.21. The quantitative estimate of drug-likeness (QED) is 0.801. The molecule has 0 fully saturated rings. The van der Waals surface area contributed by atoms with Crippen LogP contribution in [0.5, 0.6) is 0 Å². The Morgan fingerprint density at radius 3 is 2.42 bits per heavy atom. The van der Waals surface area contributed by atoms with Crippen molar-refractivity contribution in [3.63, 3.8) is 0 Å². The zero-order chi connectivity index (χ0) is 17.9. The van der Waals surface area contributed by atoms with Crippen LogP contribution in [0.4, 0.5) is 9.39 Å². The van der Waals surface area contributed by atoms with Gasteiger partial charge in [0.2, 0.25) is 5.91 Å². The predicted octanol–water partition coefficient (Wildman–Crippen LogP) is 4.63. The number of hydrogen-bond acceptors (Lipinski definition) is 4. The highest BCUT2D eigenvalue weighted by Gasteiger charge is 2.25. The van der Waals surface area contributed by atoms with Crippen LogP contribution in [0.1, 0.15) is 36.0 Å². The largest absolute Gasteiger partial charge is 0.462 e. The first-order valence-corrected chi connectivity index (χ1v) is 8.54. The summed E-state index contributed by atoms with van der Waals surface area (Å²) in [5, 5.41) is 3.26. The summed E-state index contributed by atoms with van der Waals surface area (Å²) in [6.45, 7) is 7.37. The summed E-state index contributed by atoms with van der Waals surface area (Å²) in [5.74, 6) is -1.23. The van der Waals surface area contributed by atoms with E-state index in [0.29, 0.717) is 21.7 Å². The molecule has 128 valence electrons. The second-order valence-electron chi connectivity index (χ2n) is 5.61. The third-order valence-corrected chi connectivity index (χ3v) is 4.48. The lowest BCUT2D eigenvalue weighted by molar-refractivity contribution is -0.118. The van der Waals surface area contributed by atoms with E-state index in [1.54, 1.807) is 32.9 Å². The molecule has 2 aromatic rings. The smallest absolute Gasteiger partial charge is 0.341 e. The number of nitrogens with one attached hydrogen (secondary N) is 1. The lowest BCUT2D eigenvalue weighted by Gasteiger charge is -2.10. The van der Waals surface area contributed by atoms with E-state index in [0.717, 1.165) is 4.88 Å². The zero-order valence-corrected chi connectivity index (χ0v) is 14.9. The summed E-state index contributed by atoms with van der Waals surface area (Å²) in [6, 6.07) is 5.91. The van der Waals surface area contributed by atoms with Gasteiger partial charge in [0.05, 0.1) is 6.61 Å². The number of ether oxygens (including phenoxy) is 1. The number of hydrogen-bond donors (Lipinski definition) is 1. The van der Waals surface area contributed by atoms with Crippen LogP contribution in [-0.4, -0.2) is 18.5 Å². The van der Waals surface area contributed by atoms with Crippen molar-refractivity contribution >= 4 is 28.2 Å². The lowest BCUT2D eigenvalue weighted by Crippen LogP contribution is -2.19. The molecule has 0 aliphatic rings. The van der Waals surface area contributed by atoms with Gasteiger partial charge in [-0.15, -0.1) is 11.3 Å². The molecule has 1 heterocycles. The van der Waals surface area contributed by atoms with Gasteiger partial charge in [-0.2, -0.15) is 0 Å². The summed E-state index contributed by atoms with van der Waals surface area (Å²) >= 11 is 1.31. The SMILES string of the molecule is CCOC(=O)c1c(NC(=O)C(C)C)sc(C)c1-c1ccc(F)cc1. The highest BCUT2D eigenvalue weighted by Crippen LogP contribution is 2.40. The summed E-state index contributed by atoms with van der Waals surface area (Å²) in [4.78, 5) is 25.3. The van der Waals surface area contributed by atoms with Gasteiger partial charge in [0.15, 0.2) is 0 Å². The molecule has 0 atom stereocenters. The Bertz CT molecular complexity index is 750. The number of aryl methyl sites for hydroxylation is 1. The molecule has 1 amide bonds. The molecule has 0 spiro atoms. The van der Waals surface area contributed by atoms with Crippen LogP contribution < -0.4 is 5.32 Å². The molecule has 24 heavy (non-hydrogen) atoms. The lowest BCUT2D eigenvalue weighted by atomic mass is 10.0. The molecule has 0 radical (unpaired) electrons. The Morgan fingerprint density at radius 2 is 1.88 bits per heavy atom. The highest BCUT2D eigenvalue weighted by molar-refractivity contribution is 7.17. The predicted molar refractivity (Wildman–Crippen MR) is 93.9 cm³/mol. The van der Waals surface area contributed by atoms with Crippen molar-refractivity contribution in [2.45, 2.75) is 27.7 Å². The molecule has 2 rings (SSSR count). The van der Waals surface area contributed by atoms with Crippen molar-refractivity contribution in [2.75, 3.05) is 11.9 Å². The van der Waals surface area contributed by atoms with E-state index < -0.39 is 5.97 Å². The van der Waals surface area contributed by atoms with Gasteiger partial charge in [-0.1, -0.05) is 26.0 Å². The molecule has 0 saturated heterocycles. The first kappa shape index (κ1) is 18.1. The standard InChI is InChI=1S/C18H20FNO3S/c1-5-23-18(22)15-14(12-6-8-13(19)9-7-12)11(4)24-17(15)20-16(21)10(2)3/h6-10H,5H2,1-4H3,(H,20,21). The van der Waals surface area contributed by atoms with Crippen molar-refractivity contribution in [1.82, 2.24) is 0 Å². The van der Waals surface area contributed by atoms with Gasteiger partial charge in [-0.3, -0.25) is 4.79 Å². The van der Waals surface area contributed by atoms with Crippen LogP contribution in [0.15, 0.2) is 24.3 Å². The van der Waals surface area contributed by atoms with E-state index in [-0.39, 0.29) is 24.2 Å². The van der Waals surface area contributed by atoms with Gasteiger partial charge in [-0.25, -0.2) is 9.18 Å². The molecule has 0 aliphatic carbocycles. The molecular weight excluding hydrogens is 329 g/mol. The van der Waals surface area contributed by atoms with E-state index in [9.17, 15) is 14.0 Å². The number of thiophene rings is 1. The average Bonchev–Trinajstić information content (AvgIpc) is 2.84. The molecule has 0 aliphatic heterocycles. The molecular formula is C18H20FNO3S. The average molecular weight is 349 g/mol. The van der Waals surface area contributed by atoms with Gasteiger partial charge in [0.25, 0.3) is 0 Å². The topological polar surface area (TPSA) is 55.4 Å². The Labute approximate surface area is 144 Å². The molecule has 1 N–H and O–H groups in total. The van der Waals surface area contributed by atoms with Gasteiger partial charge in [0, 0.05) is 16.4 Å². The minimum atomic E-state index is -0.500. The van der Waals surface area contributed by atoms with Gasteiger partial charge >= 0.3 is 5.97 Å². The minimum absolute atomic E-state index is 0.174. The molecule has 0 bridgehead atoms. The second-order valence-corrected chi connectivity index (χ2v) is 6.83. The fourth-order valence-corrected chi connectivity index (χ4v) is 3.32. The zero-order valence-electron chi connectivity index (χ0n) is 14.1. The summed E-state index contributed by atoms with van der Waals surface area (Å²) in [6.07, 6.45) is 0. The normalized spacial score (nSPS) is 10.8. The Morgan fingerprint density at radius 1 is 1.25 bits per heavy atom.